The standard InChI is InChI=1S/C40H29Cl2N5O4/c1-25-34(40(49)44-35-21-45(37-5-3-2-4-32(35)37)19-26-6-10-29(41)11-7-26)24-51-47(25)31-14-15-38-33(18-31)36(43-39(48)28-16-17-50-23-28)22-46(38)20-27-8-12-30(42)13-9-27/h2-18,21-24H,19-20H2,1H3,(H-,43,44,48,49)/p+1. The molecular weight excluding hydrogens is 685 g/mol. The van der Waals surface area contributed by atoms with E-state index in [0.717, 1.165) is 32.9 Å². The third-order valence-corrected chi connectivity index (χ3v) is 9.42. The number of furan rings is 1. The van der Waals surface area contributed by atoms with Crippen molar-refractivity contribution in [3.05, 3.63) is 166 Å². The van der Waals surface area contributed by atoms with Gasteiger partial charge < -0.3 is 24.2 Å². The first-order valence-corrected chi connectivity index (χ1v) is 16.9. The number of para-hydroxylation sites is 1. The molecule has 2 amide bonds. The summed E-state index contributed by atoms with van der Waals surface area (Å²) in [5.41, 5.74) is 7.43. The van der Waals surface area contributed by atoms with Gasteiger partial charge >= 0.3 is 0 Å². The van der Waals surface area contributed by atoms with Gasteiger partial charge in [0.25, 0.3) is 17.5 Å². The lowest BCUT2D eigenvalue weighted by molar-refractivity contribution is -0.788. The second kappa shape index (κ2) is 13.4. The van der Waals surface area contributed by atoms with Crippen LogP contribution in [0.4, 0.5) is 11.4 Å². The van der Waals surface area contributed by atoms with E-state index in [1.807, 2.05) is 110 Å². The molecule has 0 atom stereocenters. The lowest BCUT2D eigenvalue weighted by Crippen LogP contribution is -2.32. The predicted octanol–water partition coefficient (Wildman–Crippen LogP) is 9.28. The predicted molar refractivity (Wildman–Crippen MR) is 198 cm³/mol. The number of nitrogens with one attached hydrogen (secondary N) is 2. The van der Waals surface area contributed by atoms with Crippen molar-refractivity contribution in [2.75, 3.05) is 10.6 Å². The summed E-state index contributed by atoms with van der Waals surface area (Å²) in [4.78, 5) is 26.8. The molecule has 11 heteroatoms. The average Bonchev–Trinajstić information content (AvgIpc) is 3.94. The molecule has 0 aliphatic carbocycles. The maximum Gasteiger partial charge on any atom is 0.265 e. The molecule has 252 valence electrons. The fourth-order valence-electron chi connectivity index (χ4n) is 6.32. The van der Waals surface area contributed by atoms with Crippen LogP contribution in [0.15, 0.2) is 137 Å². The van der Waals surface area contributed by atoms with E-state index in [4.69, 9.17) is 32.1 Å². The Morgan fingerprint density at radius 3 is 1.96 bits per heavy atom. The minimum absolute atomic E-state index is 0.296. The van der Waals surface area contributed by atoms with Crippen molar-refractivity contribution in [1.82, 2.24) is 9.13 Å². The first-order valence-electron chi connectivity index (χ1n) is 16.2. The number of halogens is 2. The summed E-state index contributed by atoms with van der Waals surface area (Å²) < 4.78 is 16.9. The molecule has 0 aliphatic heterocycles. The smallest absolute Gasteiger partial charge is 0.265 e. The summed E-state index contributed by atoms with van der Waals surface area (Å²) in [6, 6.07) is 30.8. The van der Waals surface area contributed by atoms with Crippen LogP contribution >= 0.6 is 23.2 Å². The molecule has 4 aromatic heterocycles. The highest BCUT2D eigenvalue weighted by atomic mass is 35.5. The van der Waals surface area contributed by atoms with Crippen molar-refractivity contribution in [2.24, 2.45) is 0 Å². The van der Waals surface area contributed by atoms with Crippen molar-refractivity contribution in [3.8, 4) is 5.69 Å². The van der Waals surface area contributed by atoms with Gasteiger partial charge in [-0.2, -0.15) is 0 Å². The Kier molecular flexibility index (Phi) is 8.43. The second-order valence-corrected chi connectivity index (χ2v) is 13.1. The highest BCUT2D eigenvalue weighted by Crippen LogP contribution is 2.31. The van der Waals surface area contributed by atoms with E-state index in [0.29, 0.717) is 57.0 Å². The van der Waals surface area contributed by atoms with Crippen LogP contribution in [0.2, 0.25) is 10.0 Å². The topological polar surface area (TPSA) is 98.2 Å². The van der Waals surface area contributed by atoms with E-state index < -0.39 is 0 Å². The van der Waals surface area contributed by atoms with Crippen LogP contribution in [0.3, 0.4) is 0 Å². The van der Waals surface area contributed by atoms with Crippen molar-refractivity contribution in [3.63, 3.8) is 0 Å². The zero-order chi connectivity index (χ0) is 35.1. The number of fused-ring (bicyclic) bond motifs is 2. The quantitative estimate of drug-likeness (QED) is 0.146. The zero-order valence-electron chi connectivity index (χ0n) is 27.3. The molecule has 8 rings (SSSR count). The minimum Gasteiger partial charge on any atom is -0.472 e. The van der Waals surface area contributed by atoms with Gasteiger partial charge in [-0.15, -0.1) is 0 Å². The van der Waals surface area contributed by atoms with Crippen LogP contribution in [0.25, 0.3) is 27.5 Å². The van der Waals surface area contributed by atoms with Gasteiger partial charge in [0.05, 0.1) is 34.2 Å². The Balaban J connectivity index is 1.10. The molecule has 0 spiro atoms. The number of hydrogen-bond acceptors (Lipinski definition) is 4. The van der Waals surface area contributed by atoms with Gasteiger partial charge in [-0.1, -0.05) is 65.7 Å². The van der Waals surface area contributed by atoms with Gasteiger partial charge in [-0.25, -0.2) is 4.52 Å². The first-order chi connectivity index (χ1) is 24.8. The van der Waals surface area contributed by atoms with Crippen LogP contribution in [0.5, 0.6) is 0 Å². The molecule has 4 heterocycles. The molecule has 2 N–H and O–H groups in total. The third kappa shape index (κ3) is 6.40. The number of hydrogen-bond donors (Lipinski definition) is 2. The average molecular weight is 716 g/mol. The molecule has 8 aromatic rings. The van der Waals surface area contributed by atoms with E-state index in [1.54, 1.807) is 10.8 Å². The largest absolute Gasteiger partial charge is 0.472 e. The molecule has 4 aromatic carbocycles. The molecule has 9 nitrogen and oxygen atoms in total. The van der Waals surface area contributed by atoms with Crippen LogP contribution in [-0.2, 0) is 13.1 Å². The van der Waals surface area contributed by atoms with Crippen molar-refractivity contribution >= 4 is 68.2 Å². The van der Waals surface area contributed by atoms with E-state index in [2.05, 4.69) is 19.8 Å². The molecule has 0 aliphatic rings. The van der Waals surface area contributed by atoms with Gasteiger partial charge in [-0.05, 0) is 53.6 Å². The van der Waals surface area contributed by atoms with Gasteiger partial charge in [-0.3, -0.25) is 9.59 Å². The molecular formula is C40H30Cl2N5O4+. The zero-order valence-corrected chi connectivity index (χ0v) is 28.8. The number of anilines is 2. The van der Waals surface area contributed by atoms with Gasteiger partial charge in [0.15, 0.2) is 11.8 Å². The number of rotatable bonds is 9. The molecule has 0 saturated carbocycles. The minimum atomic E-state index is -0.298. The highest BCUT2D eigenvalue weighted by molar-refractivity contribution is 6.30. The molecule has 0 fully saturated rings. The number of benzene rings is 4. The van der Waals surface area contributed by atoms with E-state index in [-0.39, 0.29) is 11.8 Å². The molecule has 0 unspecified atom stereocenters. The monoisotopic (exact) mass is 714 g/mol. The fraction of sp³-hybridized carbons (Fsp3) is 0.0750. The number of carbonyl (C=O) groups excluding carboxylic acids is 2. The SMILES string of the molecule is Cc1c(C(=O)Nc2cn(Cc3ccc(Cl)cc3)c3ccccc23)co[n+]1-c1ccc2c(c1)c(NC(=O)c1ccoc1)cn2Cc1ccc(Cl)cc1. The normalized spacial score (nSPS) is 11.4. The molecule has 0 radical (unpaired) electrons. The Hall–Kier alpha value is -6.03. The lowest BCUT2D eigenvalue weighted by Gasteiger charge is -2.05. The first kappa shape index (κ1) is 32.2. The summed E-state index contributed by atoms with van der Waals surface area (Å²) in [6.07, 6.45) is 8.17. The number of amides is 2. The fourth-order valence-corrected chi connectivity index (χ4v) is 6.57. The highest BCUT2D eigenvalue weighted by Gasteiger charge is 2.27. The van der Waals surface area contributed by atoms with Crippen molar-refractivity contribution in [2.45, 2.75) is 20.0 Å². The van der Waals surface area contributed by atoms with Crippen LogP contribution in [0.1, 0.15) is 37.5 Å². The summed E-state index contributed by atoms with van der Waals surface area (Å²) >= 11 is 12.2. The summed E-state index contributed by atoms with van der Waals surface area (Å²) in [5, 5.41) is 9.19. The Morgan fingerprint density at radius 1 is 0.706 bits per heavy atom. The number of carbonyl (C=O) groups is 2. The third-order valence-electron chi connectivity index (χ3n) is 8.91. The summed E-state index contributed by atoms with van der Waals surface area (Å²) in [6.45, 7) is 3.01. The number of aromatic nitrogens is 3. The molecule has 0 bridgehead atoms. The molecule has 0 saturated heterocycles. The van der Waals surface area contributed by atoms with Crippen molar-refractivity contribution < 1.29 is 23.3 Å². The Bertz CT molecular complexity index is 2550. The van der Waals surface area contributed by atoms with Gasteiger partial charge in [0.2, 0.25) is 5.69 Å². The van der Waals surface area contributed by atoms with Crippen LogP contribution in [-0.4, -0.2) is 20.9 Å². The van der Waals surface area contributed by atoms with Crippen LogP contribution < -0.4 is 15.4 Å². The Morgan fingerprint density at radius 2 is 1.31 bits per heavy atom. The van der Waals surface area contributed by atoms with Crippen molar-refractivity contribution in [1.29, 1.82) is 0 Å². The summed E-state index contributed by atoms with van der Waals surface area (Å²) in [5.74, 6) is -0.595. The van der Waals surface area contributed by atoms with E-state index >= 15 is 0 Å². The van der Waals surface area contributed by atoms with Gasteiger partial charge in [0, 0.05) is 70.1 Å². The van der Waals surface area contributed by atoms with E-state index in [9.17, 15) is 9.59 Å². The number of nitrogens with zero attached hydrogens (tertiary/aromatic N) is 3. The van der Waals surface area contributed by atoms with Crippen LogP contribution in [0, 0.1) is 6.92 Å². The Labute approximate surface area is 302 Å². The van der Waals surface area contributed by atoms with Gasteiger partial charge in [0.1, 0.15) is 6.26 Å². The maximum atomic E-state index is 13.8. The summed E-state index contributed by atoms with van der Waals surface area (Å²) in [7, 11) is 0. The maximum absolute atomic E-state index is 13.8. The van der Waals surface area contributed by atoms with E-state index in [1.165, 1.54) is 18.8 Å². The lowest BCUT2D eigenvalue weighted by atomic mass is 10.2. The molecule has 51 heavy (non-hydrogen) atoms. The second-order valence-electron chi connectivity index (χ2n) is 12.2.